The lowest BCUT2D eigenvalue weighted by Crippen LogP contribution is -2.49. The molecule has 2 aromatic heterocycles. The average Bonchev–Trinajstić information content (AvgIpc) is 3.11. The molecule has 30 heavy (non-hydrogen) atoms. The number of imidazole rings is 1. The third-order valence-corrected chi connectivity index (χ3v) is 5.81. The van der Waals surface area contributed by atoms with Gasteiger partial charge in [0.2, 0.25) is 0 Å². The van der Waals surface area contributed by atoms with E-state index in [1.165, 1.54) is 5.56 Å². The van der Waals surface area contributed by atoms with E-state index in [2.05, 4.69) is 26.8 Å². The van der Waals surface area contributed by atoms with Crippen LogP contribution in [0.5, 0.6) is 0 Å². The van der Waals surface area contributed by atoms with Gasteiger partial charge in [-0.3, -0.25) is 9.36 Å². The molecular weight excluding hydrogens is 376 g/mol. The lowest BCUT2D eigenvalue weighted by Gasteiger charge is -2.35. The molecule has 0 radical (unpaired) electrons. The molecular formula is C23H28N6O. The van der Waals surface area contributed by atoms with E-state index in [0.717, 1.165) is 53.9 Å². The van der Waals surface area contributed by atoms with Gasteiger partial charge in [0.1, 0.15) is 23.8 Å². The fraction of sp³-hybridized carbons (Fsp3) is 0.391. The smallest absolute Gasteiger partial charge is 0.253 e. The minimum absolute atomic E-state index is 0.0985. The van der Waals surface area contributed by atoms with Crippen molar-refractivity contribution in [1.82, 2.24) is 24.4 Å². The predicted molar refractivity (Wildman–Crippen MR) is 117 cm³/mol. The Balaban J connectivity index is 1.47. The van der Waals surface area contributed by atoms with Gasteiger partial charge in [0.25, 0.3) is 5.91 Å². The van der Waals surface area contributed by atoms with Crippen molar-refractivity contribution in [2.24, 2.45) is 0 Å². The number of aromatic nitrogens is 4. The molecule has 4 rings (SSSR count). The molecule has 0 N–H and O–H groups in total. The number of piperazine rings is 1. The predicted octanol–water partition coefficient (Wildman–Crippen LogP) is 3.11. The highest BCUT2D eigenvalue weighted by molar-refractivity contribution is 5.94. The van der Waals surface area contributed by atoms with Crippen molar-refractivity contribution in [3.8, 4) is 5.82 Å². The van der Waals surface area contributed by atoms with Crippen LogP contribution in [-0.4, -0.2) is 56.5 Å². The minimum atomic E-state index is 0.0985. The Morgan fingerprint density at radius 1 is 0.967 bits per heavy atom. The first-order valence-corrected chi connectivity index (χ1v) is 10.5. The van der Waals surface area contributed by atoms with Gasteiger partial charge in [-0.2, -0.15) is 0 Å². The Morgan fingerprint density at radius 3 is 2.23 bits per heavy atom. The van der Waals surface area contributed by atoms with Crippen molar-refractivity contribution in [2.75, 3.05) is 31.1 Å². The number of nitrogens with zero attached hydrogens (tertiary/aromatic N) is 6. The highest BCUT2D eigenvalue weighted by Gasteiger charge is 2.23. The van der Waals surface area contributed by atoms with Crippen LogP contribution < -0.4 is 4.90 Å². The second-order valence-corrected chi connectivity index (χ2v) is 7.75. The number of rotatable bonds is 4. The molecule has 1 aliphatic heterocycles. The third-order valence-electron chi connectivity index (χ3n) is 5.81. The molecule has 0 atom stereocenters. The summed E-state index contributed by atoms with van der Waals surface area (Å²) in [4.78, 5) is 30.6. The number of hydrogen-bond acceptors (Lipinski definition) is 5. The second kappa shape index (κ2) is 8.26. The van der Waals surface area contributed by atoms with Crippen LogP contribution in [0.25, 0.3) is 5.82 Å². The summed E-state index contributed by atoms with van der Waals surface area (Å²) in [6.07, 6.45) is 2.78. The third kappa shape index (κ3) is 3.92. The zero-order valence-corrected chi connectivity index (χ0v) is 18.1. The Kier molecular flexibility index (Phi) is 5.53. The van der Waals surface area contributed by atoms with Crippen LogP contribution in [0.15, 0.2) is 36.7 Å². The van der Waals surface area contributed by atoms with E-state index >= 15 is 0 Å². The maximum absolute atomic E-state index is 12.8. The van der Waals surface area contributed by atoms with E-state index < -0.39 is 0 Å². The molecule has 7 heteroatoms. The summed E-state index contributed by atoms with van der Waals surface area (Å²) in [5, 5.41) is 0. The van der Waals surface area contributed by atoms with Crippen LogP contribution in [0.2, 0.25) is 0 Å². The molecule has 0 saturated carbocycles. The number of amides is 1. The fourth-order valence-electron chi connectivity index (χ4n) is 3.76. The van der Waals surface area contributed by atoms with Crippen molar-refractivity contribution in [3.63, 3.8) is 0 Å². The lowest BCUT2D eigenvalue weighted by atomic mass is 10.1. The van der Waals surface area contributed by atoms with Gasteiger partial charge in [-0.1, -0.05) is 19.1 Å². The zero-order valence-electron chi connectivity index (χ0n) is 18.1. The maximum Gasteiger partial charge on any atom is 0.253 e. The van der Waals surface area contributed by atoms with Gasteiger partial charge in [-0.25, -0.2) is 15.0 Å². The molecule has 0 unspecified atom stereocenters. The fourth-order valence-corrected chi connectivity index (χ4v) is 3.76. The van der Waals surface area contributed by atoms with Crippen LogP contribution in [0.1, 0.15) is 40.1 Å². The van der Waals surface area contributed by atoms with E-state index in [1.54, 1.807) is 6.33 Å². The Labute approximate surface area is 177 Å². The Bertz CT molecular complexity index is 1050. The van der Waals surface area contributed by atoms with Crippen molar-refractivity contribution >= 4 is 11.7 Å². The zero-order chi connectivity index (χ0) is 21.3. The van der Waals surface area contributed by atoms with E-state index in [1.807, 2.05) is 60.6 Å². The Morgan fingerprint density at radius 2 is 1.63 bits per heavy atom. The lowest BCUT2D eigenvalue weighted by molar-refractivity contribution is 0.0746. The van der Waals surface area contributed by atoms with Crippen LogP contribution in [0.3, 0.4) is 0 Å². The minimum Gasteiger partial charge on any atom is -0.353 e. The van der Waals surface area contributed by atoms with Gasteiger partial charge in [-0.05, 0) is 44.9 Å². The number of carbonyl (C=O) groups is 1. The molecule has 1 saturated heterocycles. The van der Waals surface area contributed by atoms with E-state index in [-0.39, 0.29) is 5.91 Å². The highest BCUT2D eigenvalue weighted by Crippen LogP contribution is 2.20. The van der Waals surface area contributed by atoms with Gasteiger partial charge in [0.05, 0.1) is 5.69 Å². The first-order valence-electron chi connectivity index (χ1n) is 10.5. The summed E-state index contributed by atoms with van der Waals surface area (Å²) in [5.74, 6) is 2.54. The van der Waals surface area contributed by atoms with Gasteiger partial charge in [0.15, 0.2) is 0 Å². The molecule has 1 amide bonds. The van der Waals surface area contributed by atoms with E-state index in [9.17, 15) is 4.79 Å². The first kappa shape index (κ1) is 20.1. The largest absolute Gasteiger partial charge is 0.353 e. The van der Waals surface area contributed by atoms with Crippen molar-refractivity contribution in [3.05, 3.63) is 65.0 Å². The number of hydrogen-bond donors (Lipinski definition) is 0. The maximum atomic E-state index is 12.8. The second-order valence-electron chi connectivity index (χ2n) is 7.75. The molecule has 3 aromatic rings. The average molecular weight is 405 g/mol. The molecule has 1 aliphatic rings. The molecule has 1 fully saturated rings. The monoisotopic (exact) mass is 404 g/mol. The van der Waals surface area contributed by atoms with Crippen LogP contribution in [0, 0.1) is 20.8 Å². The quantitative estimate of drug-likeness (QED) is 0.668. The molecule has 0 spiro atoms. The SMILES string of the molecule is CCc1ccc(C(=O)N2CCN(c3cc(-n4cnc(C)c4C)nc(C)n3)CC2)cc1. The van der Waals surface area contributed by atoms with Gasteiger partial charge >= 0.3 is 0 Å². The Hall–Kier alpha value is -3.22. The van der Waals surface area contributed by atoms with E-state index in [4.69, 9.17) is 0 Å². The summed E-state index contributed by atoms with van der Waals surface area (Å²) >= 11 is 0. The molecule has 0 aliphatic carbocycles. The summed E-state index contributed by atoms with van der Waals surface area (Å²) < 4.78 is 1.99. The summed E-state index contributed by atoms with van der Waals surface area (Å²) in [6, 6.07) is 9.94. The standard InChI is InChI=1S/C23H28N6O/c1-5-19-6-8-20(9-7-19)23(30)28-12-10-27(11-13-28)21-14-22(26-18(4)25-21)29-15-24-16(2)17(29)3/h6-9,14-15H,5,10-13H2,1-4H3. The van der Waals surface area contributed by atoms with Gasteiger partial charge in [0, 0.05) is 43.5 Å². The van der Waals surface area contributed by atoms with Crippen LogP contribution in [-0.2, 0) is 6.42 Å². The molecule has 3 heterocycles. The highest BCUT2D eigenvalue weighted by atomic mass is 16.2. The van der Waals surface area contributed by atoms with Gasteiger partial charge in [-0.15, -0.1) is 0 Å². The normalized spacial score (nSPS) is 14.3. The van der Waals surface area contributed by atoms with Crippen LogP contribution in [0.4, 0.5) is 5.82 Å². The summed E-state index contributed by atoms with van der Waals surface area (Å²) in [6.45, 7) is 10.9. The van der Waals surface area contributed by atoms with Gasteiger partial charge < -0.3 is 9.80 Å². The summed E-state index contributed by atoms with van der Waals surface area (Å²) in [7, 11) is 0. The van der Waals surface area contributed by atoms with Crippen molar-refractivity contribution in [1.29, 1.82) is 0 Å². The van der Waals surface area contributed by atoms with E-state index in [0.29, 0.717) is 13.1 Å². The molecule has 156 valence electrons. The molecule has 7 nitrogen and oxygen atoms in total. The summed E-state index contributed by atoms with van der Waals surface area (Å²) in [5.41, 5.74) is 4.07. The van der Waals surface area contributed by atoms with Crippen molar-refractivity contribution < 1.29 is 4.79 Å². The molecule has 0 bridgehead atoms. The topological polar surface area (TPSA) is 67.2 Å². The first-order chi connectivity index (χ1) is 14.5. The van der Waals surface area contributed by atoms with Crippen LogP contribution >= 0.6 is 0 Å². The molecule has 1 aromatic carbocycles. The number of benzene rings is 1. The number of aryl methyl sites for hydroxylation is 3. The number of anilines is 1. The van der Waals surface area contributed by atoms with Crippen molar-refractivity contribution in [2.45, 2.75) is 34.1 Å². The number of carbonyl (C=O) groups excluding carboxylic acids is 1.